The van der Waals surface area contributed by atoms with Crippen LogP contribution in [-0.2, 0) is 9.53 Å². The lowest BCUT2D eigenvalue weighted by atomic mass is 10.0. The number of hydrogen-bond donors (Lipinski definition) is 2. The molecule has 1 amide bonds. The Morgan fingerprint density at radius 2 is 2.08 bits per heavy atom. The number of carbonyl (C=O) groups excluding carboxylic acids is 1. The van der Waals surface area contributed by atoms with Gasteiger partial charge >= 0.3 is 12.1 Å². The molecule has 0 aromatic heterocycles. The monoisotopic (exact) mass is 364 g/mol. The van der Waals surface area contributed by atoms with Crippen LogP contribution in [0, 0.1) is 12.7 Å². The molecule has 1 unspecified atom stereocenters. The molecule has 10 heteroatoms. The van der Waals surface area contributed by atoms with Gasteiger partial charge in [0.25, 0.3) is 5.91 Å². The van der Waals surface area contributed by atoms with Gasteiger partial charge in [-0.05, 0) is 24.6 Å². The van der Waals surface area contributed by atoms with E-state index in [9.17, 15) is 27.2 Å². The van der Waals surface area contributed by atoms with Crippen molar-refractivity contribution in [3.8, 4) is 0 Å². The SMILES string of the molecule is Cc1cc(N2CCOCC2C(F)(F)F)cc(F)c1C(=O)NCC(=O)O. The highest BCUT2D eigenvalue weighted by molar-refractivity contribution is 5.97. The second-order valence-corrected chi connectivity index (χ2v) is 5.52. The maximum absolute atomic E-state index is 14.3. The van der Waals surface area contributed by atoms with Gasteiger partial charge in [-0.3, -0.25) is 9.59 Å². The quantitative estimate of drug-likeness (QED) is 0.796. The third-order valence-corrected chi connectivity index (χ3v) is 3.74. The summed E-state index contributed by atoms with van der Waals surface area (Å²) in [6.45, 7) is 0.0943. The van der Waals surface area contributed by atoms with Crippen LogP contribution in [-0.4, -0.2) is 55.5 Å². The molecule has 1 aromatic rings. The number of nitrogens with one attached hydrogen (secondary N) is 1. The number of nitrogens with zero attached hydrogens (tertiary/aromatic N) is 1. The average molecular weight is 364 g/mol. The van der Waals surface area contributed by atoms with E-state index < -0.39 is 48.6 Å². The van der Waals surface area contributed by atoms with Crippen molar-refractivity contribution in [1.82, 2.24) is 5.32 Å². The molecule has 25 heavy (non-hydrogen) atoms. The van der Waals surface area contributed by atoms with Crippen LogP contribution >= 0.6 is 0 Å². The minimum atomic E-state index is -4.55. The number of anilines is 1. The second kappa shape index (κ2) is 7.26. The molecule has 6 nitrogen and oxygen atoms in total. The summed E-state index contributed by atoms with van der Waals surface area (Å²) in [6.07, 6.45) is -4.55. The number of carboxylic acid groups (broad SMARTS) is 1. The number of aliphatic carboxylic acids is 1. The molecule has 1 aromatic carbocycles. The molecule has 1 fully saturated rings. The summed E-state index contributed by atoms with van der Waals surface area (Å²) in [4.78, 5) is 23.3. The van der Waals surface area contributed by atoms with E-state index in [4.69, 9.17) is 9.84 Å². The van der Waals surface area contributed by atoms with Crippen molar-refractivity contribution in [3.05, 3.63) is 29.1 Å². The number of amides is 1. The first-order chi connectivity index (χ1) is 11.6. The van der Waals surface area contributed by atoms with Crippen LogP contribution in [0.2, 0.25) is 0 Å². The molecule has 0 bridgehead atoms. The highest BCUT2D eigenvalue weighted by atomic mass is 19.4. The first-order valence-electron chi connectivity index (χ1n) is 7.32. The van der Waals surface area contributed by atoms with Gasteiger partial charge in [-0.25, -0.2) is 4.39 Å². The van der Waals surface area contributed by atoms with Gasteiger partial charge in [-0.1, -0.05) is 0 Å². The van der Waals surface area contributed by atoms with E-state index in [0.29, 0.717) is 0 Å². The Kier molecular flexibility index (Phi) is 5.51. The smallest absolute Gasteiger partial charge is 0.411 e. The fraction of sp³-hybridized carbons (Fsp3) is 0.467. The summed E-state index contributed by atoms with van der Waals surface area (Å²) in [5.74, 6) is -3.27. The van der Waals surface area contributed by atoms with Crippen molar-refractivity contribution in [2.24, 2.45) is 0 Å². The zero-order valence-electron chi connectivity index (χ0n) is 13.2. The highest BCUT2D eigenvalue weighted by Gasteiger charge is 2.45. The third kappa shape index (κ3) is 4.38. The van der Waals surface area contributed by atoms with Gasteiger partial charge in [0, 0.05) is 12.2 Å². The number of rotatable bonds is 4. The minimum Gasteiger partial charge on any atom is -0.480 e. The zero-order chi connectivity index (χ0) is 18.8. The molecule has 1 saturated heterocycles. The van der Waals surface area contributed by atoms with Crippen molar-refractivity contribution in [2.45, 2.75) is 19.1 Å². The number of alkyl halides is 3. The van der Waals surface area contributed by atoms with Gasteiger partial charge in [0.05, 0.1) is 18.8 Å². The molecule has 1 aliphatic heterocycles. The summed E-state index contributed by atoms with van der Waals surface area (Å²) in [6, 6.07) is 0.196. The van der Waals surface area contributed by atoms with E-state index in [2.05, 4.69) is 0 Å². The lowest BCUT2D eigenvalue weighted by Crippen LogP contribution is -2.53. The van der Waals surface area contributed by atoms with E-state index >= 15 is 0 Å². The molecular formula is C15H16F4N2O4. The molecule has 0 spiro atoms. The largest absolute Gasteiger partial charge is 0.480 e. The Morgan fingerprint density at radius 1 is 1.40 bits per heavy atom. The van der Waals surface area contributed by atoms with E-state index in [1.165, 1.54) is 13.0 Å². The maximum atomic E-state index is 14.3. The summed E-state index contributed by atoms with van der Waals surface area (Å²) in [5.41, 5.74) is -0.317. The fourth-order valence-corrected chi connectivity index (χ4v) is 2.61. The number of hydrogen-bond acceptors (Lipinski definition) is 4. The molecule has 2 N–H and O–H groups in total. The number of ether oxygens (including phenoxy) is 1. The molecule has 138 valence electrons. The minimum absolute atomic E-state index is 0.0181. The van der Waals surface area contributed by atoms with Gasteiger partial charge in [0.1, 0.15) is 18.4 Å². The van der Waals surface area contributed by atoms with Crippen LogP contribution in [0.15, 0.2) is 12.1 Å². The van der Waals surface area contributed by atoms with Gasteiger partial charge in [0.15, 0.2) is 0 Å². The molecule has 0 saturated carbocycles. The van der Waals surface area contributed by atoms with Crippen molar-refractivity contribution < 1.29 is 37.0 Å². The predicted molar refractivity (Wildman–Crippen MR) is 79.1 cm³/mol. The standard InChI is InChI=1S/C15H16F4N2O4/c1-8-4-9(21-2-3-25-7-11(21)15(17,18)19)5-10(16)13(8)14(24)20-6-12(22)23/h4-5,11H,2-3,6-7H2,1H3,(H,20,24)(H,22,23). The van der Waals surface area contributed by atoms with Gasteiger partial charge in [0.2, 0.25) is 0 Å². The molecule has 0 radical (unpaired) electrons. The Labute approximate surface area is 140 Å². The normalized spacial score (nSPS) is 18.1. The average Bonchev–Trinajstić information content (AvgIpc) is 2.51. The summed E-state index contributed by atoms with van der Waals surface area (Å²) in [5, 5.41) is 10.6. The van der Waals surface area contributed by atoms with Crippen molar-refractivity contribution in [1.29, 1.82) is 0 Å². The number of carbonyl (C=O) groups is 2. The van der Waals surface area contributed by atoms with E-state index in [0.717, 1.165) is 11.0 Å². The predicted octanol–water partition coefficient (Wildman–Crippen LogP) is 1.72. The molecule has 1 heterocycles. The lowest BCUT2D eigenvalue weighted by Gasteiger charge is -2.38. The van der Waals surface area contributed by atoms with Crippen LogP contribution in [0.3, 0.4) is 0 Å². The van der Waals surface area contributed by atoms with Crippen molar-refractivity contribution >= 4 is 17.6 Å². The van der Waals surface area contributed by atoms with E-state index in [-0.39, 0.29) is 24.4 Å². The summed E-state index contributed by atoms with van der Waals surface area (Å²) < 4.78 is 58.6. The van der Waals surface area contributed by atoms with Crippen LogP contribution in [0.4, 0.5) is 23.2 Å². The Bertz CT molecular complexity index is 655. The van der Waals surface area contributed by atoms with Gasteiger partial charge < -0.3 is 20.1 Å². The molecule has 2 rings (SSSR count). The fourth-order valence-electron chi connectivity index (χ4n) is 2.61. The number of carboxylic acids is 1. The second-order valence-electron chi connectivity index (χ2n) is 5.52. The third-order valence-electron chi connectivity index (χ3n) is 3.74. The Balaban J connectivity index is 2.32. The van der Waals surface area contributed by atoms with E-state index in [1.54, 1.807) is 0 Å². The van der Waals surface area contributed by atoms with E-state index in [1.807, 2.05) is 5.32 Å². The lowest BCUT2D eigenvalue weighted by molar-refractivity contribution is -0.167. The van der Waals surface area contributed by atoms with Crippen LogP contribution in [0.25, 0.3) is 0 Å². The number of halogens is 4. The number of benzene rings is 1. The zero-order valence-corrected chi connectivity index (χ0v) is 13.2. The Morgan fingerprint density at radius 3 is 2.64 bits per heavy atom. The first-order valence-corrected chi connectivity index (χ1v) is 7.32. The first kappa shape index (κ1) is 19.0. The summed E-state index contributed by atoms with van der Waals surface area (Å²) >= 11 is 0. The maximum Gasteiger partial charge on any atom is 0.411 e. The van der Waals surface area contributed by atoms with Crippen molar-refractivity contribution in [2.75, 3.05) is 31.2 Å². The molecular weight excluding hydrogens is 348 g/mol. The number of morpholine rings is 1. The number of aryl methyl sites for hydroxylation is 1. The molecule has 1 aliphatic rings. The molecule has 0 aliphatic carbocycles. The summed E-state index contributed by atoms with van der Waals surface area (Å²) in [7, 11) is 0. The highest BCUT2D eigenvalue weighted by Crippen LogP contribution is 2.32. The van der Waals surface area contributed by atoms with Gasteiger partial charge in [-0.15, -0.1) is 0 Å². The van der Waals surface area contributed by atoms with Gasteiger partial charge in [-0.2, -0.15) is 13.2 Å². The van der Waals surface area contributed by atoms with Crippen molar-refractivity contribution in [3.63, 3.8) is 0 Å². The van der Waals surface area contributed by atoms with Crippen LogP contribution < -0.4 is 10.2 Å². The topological polar surface area (TPSA) is 78.9 Å². The van der Waals surface area contributed by atoms with Crippen LogP contribution in [0.5, 0.6) is 0 Å². The van der Waals surface area contributed by atoms with Crippen LogP contribution in [0.1, 0.15) is 15.9 Å². The Hall–Kier alpha value is -2.36. The molecule has 1 atom stereocenters.